The lowest BCUT2D eigenvalue weighted by molar-refractivity contribution is 0.964. The largest absolute Gasteiger partial charge is 0.381 e. The van der Waals surface area contributed by atoms with Crippen LogP contribution in [0.2, 0.25) is 5.02 Å². The Kier molecular flexibility index (Phi) is 3.85. The second-order valence-electron chi connectivity index (χ2n) is 4.99. The van der Waals surface area contributed by atoms with Crippen molar-refractivity contribution in [1.29, 1.82) is 0 Å². The Morgan fingerprint density at radius 3 is 2.90 bits per heavy atom. The summed E-state index contributed by atoms with van der Waals surface area (Å²) >= 11 is 6.03. The molecule has 0 unspecified atom stereocenters. The molecular weight excluding hydrogens is 272 g/mol. The lowest BCUT2D eigenvalue weighted by Gasteiger charge is -2.11. The number of rotatable bonds is 5. The first-order chi connectivity index (χ1) is 9.78. The summed E-state index contributed by atoms with van der Waals surface area (Å²) < 4.78 is 0. The van der Waals surface area contributed by atoms with E-state index in [-0.39, 0.29) is 0 Å². The van der Waals surface area contributed by atoms with Gasteiger partial charge in [-0.3, -0.25) is 0 Å². The van der Waals surface area contributed by atoms with Crippen LogP contribution in [0, 0.1) is 0 Å². The fourth-order valence-corrected chi connectivity index (χ4v) is 2.36. The molecule has 1 aliphatic carbocycles. The highest BCUT2D eigenvalue weighted by molar-refractivity contribution is 6.30. The van der Waals surface area contributed by atoms with Crippen molar-refractivity contribution in [2.45, 2.75) is 18.8 Å². The van der Waals surface area contributed by atoms with Crippen LogP contribution in [0.25, 0.3) is 11.4 Å². The standard InChI is InChI=1S/C15H17ClN4/c16-12-3-1-2-11(8-12)15-19-9-13(18-7-6-17)14(20-15)10-4-5-10/h1-3,8-10,18H,4-7,17H2. The molecule has 0 amide bonds. The number of anilines is 1. The third-order valence-electron chi connectivity index (χ3n) is 3.32. The minimum atomic E-state index is 0.552. The first-order valence-electron chi connectivity index (χ1n) is 6.85. The Morgan fingerprint density at radius 2 is 2.20 bits per heavy atom. The summed E-state index contributed by atoms with van der Waals surface area (Å²) in [6.45, 7) is 1.33. The van der Waals surface area contributed by atoms with Gasteiger partial charge < -0.3 is 11.1 Å². The SMILES string of the molecule is NCCNc1cnc(-c2cccc(Cl)c2)nc1C1CC1. The van der Waals surface area contributed by atoms with Gasteiger partial charge in [-0.25, -0.2) is 9.97 Å². The predicted molar refractivity (Wildman–Crippen MR) is 82.0 cm³/mol. The van der Waals surface area contributed by atoms with Gasteiger partial charge in [-0.2, -0.15) is 0 Å². The van der Waals surface area contributed by atoms with Crippen LogP contribution < -0.4 is 11.1 Å². The quantitative estimate of drug-likeness (QED) is 0.887. The summed E-state index contributed by atoms with van der Waals surface area (Å²) in [6.07, 6.45) is 4.25. The first-order valence-corrected chi connectivity index (χ1v) is 7.22. The molecule has 104 valence electrons. The molecule has 1 heterocycles. The zero-order valence-corrected chi connectivity index (χ0v) is 11.9. The van der Waals surface area contributed by atoms with E-state index in [0.29, 0.717) is 17.5 Å². The molecule has 1 fully saturated rings. The van der Waals surface area contributed by atoms with Gasteiger partial charge in [0.25, 0.3) is 0 Å². The van der Waals surface area contributed by atoms with Gasteiger partial charge >= 0.3 is 0 Å². The van der Waals surface area contributed by atoms with Gasteiger partial charge in [-0.05, 0) is 25.0 Å². The second kappa shape index (κ2) is 5.77. The summed E-state index contributed by atoms with van der Waals surface area (Å²) in [5, 5.41) is 4.00. The number of nitrogens with two attached hydrogens (primary N) is 1. The van der Waals surface area contributed by atoms with Crippen LogP contribution in [0.1, 0.15) is 24.5 Å². The van der Waals surface area contributed by atoms with E-state index >= 15 is 0 Å². The number of aromatic nitrogens is 2. The van der Waals surface area contributed by atoms with E-state index in [1.54, 1.807) is 0 Å². The molecule has 0 aliphatic heterocycles. The van der Waals surface area contributed by atoms with Gasteiger partial charge in [0, 0.05) is 29.6 Å². The molecule has 0 atom stereocenters. The molecule has 20 heavy (non-hydrogen) atoms. The van der Waals surface area contributed by atoms with Crippen molar-refractivity contribution in [3.05, 3.63) is 41.2 Å². The van der Waals surface area contributed by atoms with Crippen molar-refractivity contribution in [3.63, 3.8) is 0 Å². The van der Waals surface area contributed by atoms with E-state index in [2.05, 4.69) is 10.3 Å². The molecule has 3 rings (SSSR count). The number of nitrogens with one attached hydrogen (secondary N) is 1. The zero-order valence-electron chi connectivity index (χ0n) is 11.1. The number of nitrogens with zero attached hydrogens (tertiary/aromatic N) is 2. The van der Waals surface area contributed by atoms with Crippen LogP contribution >= 0.6 is 11.6 Å². The Morgan fingerprint density at radius 1 is 1.35 bits per heavy atom. The maximum atomic E-state index is 6.03. The van der Waals surface area contributed by atoms with Crippen LogP contribution in [0.4, 0.5) is 5.69 Å². The molecule has 0 radical (unpaired) electrons. The molecular formula is C15H17ClN4. The number of hydrogen-bond acceptors (Lipinski definition) is 4. The average molecular weight is 289 g/mol. The molecule has 1 saturated carbocycles. The van der Waals surface area contributed by atoms with Gasteiger partial charge in [0.1, 0.15) is 0 Å². The predicted octanol–water partition coefficient (Wildman–Crippen LogP) is 3.05. The third kappa shape index (κ3) is 2.92. The molecule has 1 aliphatic rings. The highest BCUT2D eigenvalue weighted by Crippen LogP contribution is 2.42. The van der Waals surface area contributed by atoms with Gasteiger partial charge in [-0.1, -0.05) is 23.7 Å². The van der Waals surface area contributed by atoms with E-state index in [4.69, 9.17) is 22.3 Å². The van der Waals surface area contributed by atoms with Gasteiger partial charge in [-0.15, -0.1) is 0 Å². The number of hydrogen-bond donors (Lipinski definition) is 2. The number of halogens is 1. The number of benzene rings is 1. The topological polar surface area (TPSA) is 63.8 Å². The van der Waals surface area contributed by atoms with Crippen LogP contribution in [0.15, 0.2) is 30.5 Å². The highest BCUT2D eigenvalue weighted by Gasteiger charge is 2.28. The zero-order chi connectivity index (χ0) is 13.9. The molecule has 0 bridgehead atoms. The van der Waals surface area contributed by atoms with Crippen LogP contribution in [-0.2, 0) is 0 Å². The molecule has 0 saturated heterocycles. The summed E-state index contributed by atoms with van der Waals surface area (Å²) in [5.41, 5.74) is 8.59. The summed E-state index contributed by atoms with van der Waals surface area (Å²) in [4.78, 5) is 9.17. The second-order valence-corrected chi connectivity index (χ2v) is 5.43. The Labute approximate surface area is 123 Å². The Hall–Kier alpha value is -1.65. The lowest BCUT2D eigenvalue weighted by atomic mass is 10.2. The van der Waals surface area contributed by atoms with E-state index in [0.717, 1.165) is 29.3 Å². The molecule has 2 aromatic rings. The maximum absolute atomic E-state index is 6.03. The molecule has 5 heteroatoms. The lowest BCUT2D eigenvalue weighted by Crippen LogP contribution is -2.15. The van der Waals surface area contributed by atoms with Gasteiger partial charge in [0.2, 0.25) is 0 Å². The minimum Gasteiger partial charge on any atom is -0.381 e. The monoisotopic (exact) mass is 288 g/mol. The van der Waals surface area contributed by atoms with Crippen LogP contribution in [0.5, 0.6) is 0 Å². The van der Waals surface area contributed by atoms with Crippen molar-refractivity contribution >= 4 is 17.3 Å². The fourth-order valence-electron chi connectivity index (χ4n) is 2.17. The third-order valence-corrected chi connectivity index (χ3v) is 3.56. The van der Waals surface area contributed by atoms with Crippen LogP contribution in [0.3, 0.4) is 0 Å². The maximum Gasteiger partial charge on any atom is 0.159 e. The van der Waals surface area contributed by atoms with Gasteiger partial charge in [0.05, 0.1) is 17.6 Å². The Bertz CT molecular complexity index is 611. The molecule has 1 aromatic carbocycles. The van der Waals surface area contributed by atoms with E-state index < -0.39 is 0 Å². The summed E-state index contributed by atoms with van der Waals surface area (Å²) in [5.74, 6) is 1.28. The summed E-state index contributed by atoms with van der Waals surface area (Å²) in [7, 11) is 0. The van der Waals surface area contributed by atoms with Crippen molar-refractivity contribution in [2.24, 2.45) is 5.73 Å². The average Bonchev–Trinajstić information content (AvgIpc) is 3.29. The van der Waals surface area contributed by atoms with E-state index in [9.17, 15) is 0 Å². The molecule has 4 nitrogen and oxygen atoms in total. The van der Waals surface area contributed by atoms with E-state index in [1.165, 1.54) is 12.8 Å². The first kappa shape index (κ1) is 13.3. The normalized spacial score (nSPS) is 14.3. The van der Waals surface area contributed by atoms with Crippen molar-refractivity contribution in [2.75, 3.05) is 18.4 Å². The smallest absolute Gasteiger partial charge is 0.159 e. The molecule has 3 N–H and O–H groups in total. The van der Waals surface area contributed by atoms with Crippen molar-refractivity contribution in [1.82, 2.24) is 9.97 Å². The van der Waals surface area contributed by atoms with E-state index in [1.807, 2.05) is 30.5 Å². The van der Waals surface area contributed by atoms with Gasteiger partial charge in [0.15, 0.2) is 5.82 Å². The fraction of sp³-hybridized carbons (Fsp3) is 0.333. The molecule has 0 spiro atoms. The van der Waals surface area contributed by atoms with Crippen molar-refractivity contribution < 1.29 is 0 Å². The summed E-state index contributed by atoms with van der Waals surface area (Å²) in [6, 6.07) is 7.63. The minimum absolute atomic E-state index is 0.552. The van der Waals surface area contributed by atoms with Crippen molar-refractivity contribution in [3.8, 4) is 11.4 Å². The molecule has 1 aromatic heterocycles. The van der Waals surface area contributed by atoms with Crippen LogP contribution in [-0.4, -0.2) is 23.1 Å². The Balaban J connectivity index is 1.95. The highest BCUT2D eigenvalue weighted by atomic mass is 35.5.